The molecule has 0 heterocycles. The standard InChI is InChI=1S/C24H38NO4PSi/c1-5-31(6-2,7-3)29-24(21(4)25)20-30(26,27-18-22-14-10-8-11-15-22)28-19-23-16-12-9-13-17-23/h8-17,21,24H,5-7,18-20,25H2,1-4H3/t21-,24+/m1/s1. The summed E-state index contributed by atoms with van der Waals surface area (Å²) in [5, 5.41) is 0. The van der Waals surface area contributed by atoms with Crippen molar-refractivity contribution in [2.24, 2.45) is 5.73 Å². The smallest absolute Gasteiger partial charge is 0.333 e. The molecule has 0 saturated carbocycles. The molecule has 31 heavy (non-hydrogen) atoms. The van der Waals surface area contributed by atoms with Gasteiger partial charge in [-0.15, -0.1) is 0 Å². The lowest BCUT2D eigenvalue weighted by molar-refractivity contribution is 0.150. The first-order valence-corrected chi connectivity index (χ1v) is 15.5. The minimum atomic E-state index is -3.46. The van der Waals surface area contributed by atoms with Crippen LogP contribution < -0.4 is 5.73 Å². The highest BCUT2D eigenvalue weighted by molar-refractivity contribution is 7.53. The second-order valence-electron chi connectivity index (χ2n) is 8.07. The summed E-state index contributed by atoms with van der Waals surface area (Å²) in [4.78, 5) is 0. The highest BCUT2D eigenvalue weighted by atomic mass is 31.2. The van der Waals surface area contributed by atoms with E-state index in [1.54, 1.807) is 0 Å². The summed E-state index contributed by atoms with van der Waals surface area (Å²) in [7, 11) is -5.39. The van der Waals surface area contributed by atoms with Crippen LogP contribution in [0.5, 0.6) is 0 Å². The zero-order chi connectivity index (χ0) is 22.7. The lowest BCUT2D eigenvalue weighted by Gasteiger charge is -2.36. The molecule has 0 unspecified atom stereocenters. The van der Waals surface area contributed by atoms with Crippen LogP contribution >= 0.6 is 7.60 Å². The SMILES string of the molecule is CC[Si](CC)(CC)O[C@@H](CP(=O)(OCc1ccccc1)OCc1ccccc1)[C@@H](C)N. The van der Waals surface area contributed by atoms with Crippen LogP contribution in [0.2, 0.25) is 18.1 Å². The maximum absolute atomic E-state index is 13.9. The molecule has 0 spiro atoms. The highest BCUT2D eigenvalue weighted by Crippen LogP contribution is 2.51. The Morgan fingerprint density at radius 1 is 0.839 bits per heavy atom. The molecule has 172 valence electrons. The van der Waals surface area contributed by atoms with Crippen molar-refractivity contribution >= 4 is 15.9 Å². The van der Waals surface area contributed by atoms with Gasteiger partial charge in [0.25, 0.3) is 0 Å². The van der Waals surface area contributed by atoms with Gasteiger partial charge >= 0.3 is 7.60 Å². The average molecular weight is 464 g/mol. The van der Waals surface area contributed by atoms with Crippen molar-refractivity contribution in [1.82, 2.24) is 0 Å². The Balaban J connectivity index is 2.20. The van der Waals surface area contributed by atoms with Gasteiger partial charge in [-0.2, -0.15) is 0 Å². The zero-order valence-electron chi connectivity index (χ0n) is 19.3. The molecule has 2 atom stereocenters. The Bertz CT molecular complexity index is 744. The van der Waals surface area contributed by atoms with Crippen LogP contribution in [0.1, 0.15) is 38.8 Å². The second-order valence-corrected chi connectivity index (χ2v) is 14.9. The molecule has 7 heteroatoms. The second kappa shape index (κ2) is 12.7. The molecule has 0 radical (unpaired) electrons. The van der Waals surface area contributed by atoms with E-state index < -0.39 is 15.9 Å². The Labute approximate surface area is 189 Å². The predicted octanol–water partition coefficient (Wildman–Crippen LogP) is 6.35. The van der Waals surface area contributed by atoms with Crippen LogP contribution in [-0.4, -0.2) is 26.6 Å². The summed E-state index contributed by atoms with van der Waals surface area (Å²) >= 11 is 0. The Hall–Kier alpha value is -1.27. The van der Waals surface area contributed by atoms with Crippen LogP contribution in [0.4, 0.5) is 0 Å². The molecule has 2 aromatic rings. The highest BCUT2D eigenvalue weighted by Gasteiger charge is 2.38. The van der Waals surface area contributed by atoms with Crippen LogP contribution in [0.25, 0.3) is 0 Å². The van der Waals surface area contributed by atoms with E-state index in [1.165, 1.54) is 0 Å². The maximum atomic E-state index is 13.9. The van der Waals surface area contributed by atoms with Gasteiger partial charge in [-0.25, -0.2) is 0 Å². The number of rotatable bonds is 14. The maximum Gasteiger partial charge on any atom is 0.333 e. The third kappa shape index (κ3) is 8.30. The molecule has 0 aliphatic rings. The number of nitrogens with two attached hydrogens (primary N) is 1. The molecule has 0 saturated heterocycles. The molecule has 0 amide bonds. The van der Waals surface area contributed by atoms with Crippen molar-refractivity contribution < 1.29 is 18.0 Å². The van der Waals surface area contributed by atoms with Gasteiger partial charge in [-0.3, -0.25) is 4.57 Å². The van der Waals surface area contributed by atoms with Gasteiger partial charge in [-0.1, -0.05) is 81.4 Å². The predicted molar refractivity (Wildman–Crippen MR) is 131 cm³/mol. The lowest BCUT2D eigenvalue weighted by atomic mass is 10.2. The van der Waals surface area contributed by atoms with Gasteiger partial charge in [0.15, 0.2) is 8.32 Å². The average Bonchev–Trinajstić information content (AvgIpc) is 2.81. The number of hydrogen-bond donors (Lipinski definition) is 1. The normalized spacial score (nSPS) is 14.4. The minimum absolute atomic E-state index is 0.152. The summed E-state index contributed by atoms with van der Waals surface area (Å²) in [5.74, 6) is 0. The Kier molecular flexibility index (Phi) is 10.6. The quantitative estimate of drug-likeness (QED) is 0.261. The molecular weight excluding hydrogens is 425 g/mol. The van der Waals surface area contributed by atoms with Crippen molar-refractivity contribution in [3.8, 4) is 0 Å². The summed E-state index contributed by atoms with van der Waals surface area (Å²) in [6.45, 7) is 8.87. The molecule has 0 fully saturated rings. The third-order valence-corrected chi connectivity index (χ3v) is 12.4. The van der Waals surface area contributed by atoms with Crippen molar-refractivity contribution in [3.05, 3.63) is 71.8 Å². The molecular formula is C24H38NO4PSi. The van der Waals surface area contributed by atoms with Gasteiger partial charge in [0.1, 0.15) is 0 Å². The fourth-order valence-corrected chi connectivity index (χ4v) is 8.39. The summed E-state index contributed by atoms with van der Waals surface area (Å²) in [6, 6.07) is 22.2. The van der Waals surface area contributed by atoms with E-state index in [0.29, 0.717) is 0 Å². The minimum Gasteiger partial charge on any atom is -0.412 e. The van der Waals surface area contributed by atoms with Crippen LogP contribution in [0.3, 0.4) is 0 Å². The van der Waals surface area contributed by atoms with Crippen molar-refractivity contribution in [2.45, 2.75) is 71.2 Å². The van der Waals surface area contributed by atoms with E-state index in [2.05, 4.69) is 20.8 Å². The van der Waals surface area contributed by atoms with E-state index in [1.807, 2.05) is 67.6 Å². The van der Waals surface area contributed by atoms with Gasteiger partial charge in [0.2, 0.25) is 0 Å². The Morgan fingerprint density at radius 2 is 1.26 bits per heavy atom. The van der Waals surface area contributed by atoms with Crippen LogP contribution in [-0.2, 0) is 31.3 Å². The molecule has 0 aromatic heterocycles. The van der Waals surface area contributed by atoms with Crippen molar-refractivity contribution in [1.29, 1.82) is 0 Å². The molecule has 2 rings (SSSR count). The number of hydrogen-bond acceptors (Lipinski definition) is 5. The molecule has 0 bridgehead atoms. The molecule has 0 aliphatic heterocycles. The van der Waals surface area contributed by atoms with Gasteiger partial charge in [0.05, 0.1) is 25.5 Å². The van der Waals surface area contributed by atoms with E-state index in [9.17, 15) is 4.57 Å². The van der Waals surface area contributed by atoms with Gasteiger partial charge in [-0.05, 0) is 36.2 Å². The van der Waals surface area contributed by atoms with Gasteiger partial charge in [0, 0.05) is 6.04 Å². The fourth-order valence-electron chi connectivity index (χ4n) is 3.49. The van der Waals surface area contributed by atoms with Crippen molar-refractivity contribution in [3.63, 3.8) is 0 Å². The fraction of sp³-hybridized carbons (Fsp3) is 0.500. The first kappa shape index (κ1) is 26.0. The molecule has 0 aliphatic carbocycles. The summed E-state index contributed by atoms with van der Waals surface area (Å²) in [6.07, 6.45) is -0.220. The molecule has 5 nitrogen and oxygen atoms in total. The summed E-state index contributed by atoms with van der Waals surface area (Å²) < 4.78 is 32.4. The lowest BCUT2D eigenvalue weighted by Crippen LogP contribution is -2.47. The van der Waals surface area contributed by atoms with E-state index in [-0.39, 0.29) is 31.5 Å². The summed E-state index contributed by atoms with van der Waals surface area (Å²) in [5.41, 5.74) is 8.19. The van der Waals surface area contributed by atoms with Gasteiger partial charge < -0.3 is 19.2 Å². The van der Waals surface area contributed by atoms with E-state index in [0.717, 1.165) is 29.3 Å². The van der Waals surface area contributed by atoms with E-state index >= 15 is 0 Å². The van der Waals surface area contributed by atoms with Crippen LogP contribution in [0.15, 0.2) is 60.7 Å². The monoisotopic (exact) mass is 463 g/mol. The topological polar surface area (TPSA) is 70.8 Å². The number of benzene rings is 2. The molecule has 2 N–H and O–H groups in total. The zero-order valence-corrected chi connectivity index (χ0v) is 21.2. The first-order valence-electron chi connectivity index (χ1n) is 11.2. The van der Waals surface area contributed by atoms with E-state index in [4.69, 9.17) is 19.2 Å². The largest absolute Gasteiger partial charge is 0.412 e. The third-order valence-electron chi connectivity index (χ3n) is 5.87. The van der Waals surface area contributed by atoms with Crippen molar-refractivity contribution in [2.75, 3.05) is 6.16 Å². The first-order chi connectivity index (χ1) is 14.9. The Morgan fingerprint density at radius 3 is 1.61 bits per heavy atom. The molecule has 2 aromatic carbocycles. The van der Waals surface area contributed by atoms with Crippen LogP contribution in [0, 0.1) is 0 Å².